The minimum Gasteiger partial charge on any atom is -0.313 e. The Bertz CT molecular complexity index is 324. The zero-order valence-corrected chi connectivity index (χ0v) is 6.75. The molecule has 0 saturated heterocycles. The fraction of sp³-hybridized carbons (Fsp3) is 0.300. The number of nitrogens with two attached hydrogens (primary N) is 1. The fourth-order valence-electron chi connectivity index (χ4n) is 1.72. The molecule has 0 unspecified atom stereocenters. The Morgan fingerprint density at radius 2 is 1.75 bits per heavy atom. The first kappa shape index (κ1) is 7.33. The van der Waals surface area contributed by atoms with Crippen LogP contribution in [-0.2, 0) is 12.8 Å². The summed E-state index contributed by atoms with van der Waals surface area (Å²) < 4.78 is 0. The molecule has 1 aliphatic carbocycles. The molecule has 2 rings (SSSR count). The highest BCUT2D eigenvalue weighted by molar-refractivity contribution is 5.39. The van der Waals surface area contributed by atoms with Crippen LogP contribution in [-0.4, -0.2) is 5.54 Å². The highest BCUT2D eigenvalue weighted by Gasteiger charge is 2.32. The van der Waals surface area contributed by atoms with Gasteiger partial charge in [0, 0.05) is 12.8 Å². The fourth-order valence-corrected chi connectivity index (χ4v) is 1.72. The van der Waals surface area contributed by atoms with Crippen LogP contribution in [0.5, 0.6) is 0 Å². The quantitative estimate of drug-likeness (QED) is 0.612. The molecule has 1 aromatic rings. The smallest absolute Gasteiger partial charge is 0.112 e. The lowest BCUT2D eigenvalue weighted by molar-refractivity contribution is 0.578. The van der Waals surface area contributed by atoms with Crippen molar-refractivity contribution in [3.05, 3.63) is 35.4 Å². The zero-order valence-electron chi connectivity index (χ0n) is 6.75. The minimum atomic E-state index is -0.649. The van der Waals surface area contributed by atoms with E-state index in [-0.39, 0.29) is 0 Å². The van der Waals surface area contributed by atoms with Crippen molar-refractivity contribution in [2.75, 3.05) is 0 Å². The van der Waals surface area contributed by atoms with Crippen molar-refractivity contribution in [2.24, 2.45) is 5.73 Å². The molecule has 0 bridgehead atoms. The van der Waals surface area contributed by atoms with E-state index in [4.69, 9.17) is 11.0 Å². The van der Waals surface area contributed by atoms with Crippen LogP contribution < -0.4 is 5.73 Å². The van der Waals surface area contributed by atoms with E-state index in [0.29, 0.717) is 12.8 Å². The highest BCUT2D eigenvalue weighted by atomic mass is 14.7. The average Bonchev–Trinajstić information content (AvgIpc) is 2.42. The average molecular weight is 158 g/mol. The Labute approximate surface area is 71.6 Å². The summed E-state index contributed by atoms with van der Waals surface area (Å²) in [6, 6.07) is 10.2. The first-order valence-electron chi connectivity index (χ1n) is 4.00. The first-order chi connectivity index (χ1) is 5.73. The van der Waals surface area contributed by atoms with E-state index in [1.807, 2.05) is 24.3 Å². The summed E-state index contributed by atoms with van der Waals surface area (Å²) >= 11 is 0. The van der Waals surface area contributed by atoms with Crippen LogP contribution in [0.3, 0.4) is 0 Å². The van der Waals surface area contributed by atoms with Crippen molar-refractivity contribution < 1.29 is 0 Å². The van der Waals surface area contributed by atoms with E-state index in [9.17, 15) is 0 Å². The van der Waals surface area contributed by atoms with E-state index in [0.717, 1.165) is 0 Å². The Hall–Kier alpha value is -1.33. The minimum absolute atomic E-state index is 0.649. The molecule has 12 heavy (non-hydrogen) atoms. The summed E-state index contributed by atoms with van der Waals surface area (Å²) in [5.41, 5.74) is 7.65. The number of nitriles is 1. The standard InChI is InChI=1S/C10H10N2/c11-7-10(12)5-8-3-1-2-4-9(8)6-10/h1-4H,5-6,12H2. The van der Waals surface area contributed by atoms with E-state index in [2.05, 4.69) is 6.07 Å². The molecule has 0 heterocycles. The second kappa shape index (κ2) is 2.33. The van der Waals surface area contributed by atoms with E-state index < -0.39 is 5.54 Å². The third kappa shape index (κ3) is 0.992. The first-order valence-corrected chi connectivity index (χ1v) is 4.00. The van der Waals surface area contributed by atoms with E-state index >= 15 is 0 Å². The Kier molecular flexibility index (Phi) is 1.42. The molecule has 1 aliphatic rings. The molecule has 0 spiro atoms. The maximum Gasteiger partial charge on any atom is 0.112 e. The Balaban J connectivity index is 2.41. The highest BCUT2D eigenvalue weighted by Crippen LogP contribution is 2.27. The molecule has 2 N–H and O–H groups in total. The molecule has 0 aromatic heterocycles. The van der Waals surface area contributed by atoms with E-state index in [1.54, 1.807) is 0 Å². The molecule has 0 fully saturated rings. The third-order valence-electron chi connectivity index (χ3n) is 2.35. The SMILES string of the molecule is N#CC1(N)Cc2ccccc2C1. The van der Waals surface area contributed by atoms with Gasteiger partial charge in [-0.2, -0.15) is 5.26 Å². The third-order valence-corrected chi connectivity index (χ3v) is 2.35. The van der Waals surface area contributed by atoms with Gasteiger partial charge in [0.15, 0.2) is 0 Å². The van der Waals surface area contributed by atoms with Crippen molar-refractivity contribution in [3.63, 3.8) is 0 Å². The maximum atomic E-state index is 8.82. The van der Waals surface area contributed by atoms with E-state index in [1.165, 1.54) is 11.1 Å². The Morgan fingerprint density at radius 3 is 2.17 bits per heavy atom. The number of hydrogen-bond donors (Lipinski definition) is 1. The molecule has 1 aromatic carbocycles. The summed E-state index contributed by atoms with van der Waals surface area (Å²) in [6.07, 6.45) is 1.39. The van der Waals surface area contributed by atoms with Gasteiger partial charge >= 0.3 is 0 Å². The van der Waals surface area contributed by atoms with Crippen LogP contribution in [0.15, 0.2) is 24.3 Å². The molecule has 0 aliphatic heterocycles. The van der Waals surface area contributed by atoms with Gasteiger partial charge in [-0.25, -0.2) is 0 Å². The second-order valence-electron chi connectivity index (χ2n) is 3.39. The number of nitrogens with zero attached hydrogens (tertiary/aromatic N) is 1. The topological polar surface area (TPSA) is 49.8 Å². The molecule has 60 valence electrons. The second-order valence-corrected chi connectivity index (χ2v) is 3.39. The van der Waals surface area contributed by atoms with Crippen LogP contribution >= 0.6 is 0 Å². The molecule has 0 radical (unpaired) electrons. The summed E-state index contributed by atoms with van der Waals surface area (Å²) in [6.45, 7) is 0. The van der Waals surface area contributed by atoms with Crippen LogP contribution in [0, 0.1) is 11.3 Å². The summed E-state index contributed by atoms with van der Waals surface area (Å²) in [7, 11) is 0. The van der Waals surface area contributed by atoms with Crippen molar-refractivity contribution in [1.29, 1.82) is 5.26 Å². The van der Waals surface area contributed by atoms with Crippen molar-refractivity contribution in [1.82, 2.24) is 0 Å². The normalized spacial score (nSPS) is 18.3. The summed E-state index contributed by atoms with van der Waals surface area (Å²) in [5.74, 6) is 0. The lowest BCUT2D eigenvalue weighted by Crippen LogP contribution is -2.38. The van der Waals surface area contributed by atoms with Gasteiger partial charge in [-0.1, -0.05) is 24.3 Å². The van der Waals surface area contributed by atoms with Crippen LogP contribution in [0.25, 0.3) is 0 Å². The number of fused-ring (bicyclic) bond motifs is 1. The van der Waals surface area contributed by atoms with Crippen LogP contribution in [0.2, 0.25) is 0 Å². The molecular weight excluding hydrogens is 148 g/mol. The molecule has 0 saturated carbocycles. The predicted molar refractivity (Wildman–Crippen MR) is 46.4 cm³/mol. The van der Waals surface area contributed by atoms with Crippen LogP contribution in [0.1, 0.15) is 11.1 Å². The van der Waals surface area contributed by atoms with Crippen molar-refractivity contribution >= 4 is 0 Å². The van der Waals surface area contributed by atoms with Gasteiger partial charge in [0.05, 0.1) is 6.07 Å². The van der Waals surface area contributed by atoms with Crippen molar-refractivity contribution in [3.8, 4) is 6.07 Å². The van der Waals surface area contributed by atoms with Gasteiger partial charge in [-0.15, -0.1) is 0 Å². The zero-order chi connectivity index (χ0) is 8.60. The number of hydrogen-bond acceptors (Lipinski definition) is 2. The summed E-state index contributed by atoms with van der Waals surface area (Å²) in [5, 5.41) is 8.82. The van der Waals surface area contributed by atoms with Gasteiger partial charge in [-0.05, 0) is 11.1 Å². The number of rotatable bonds is 0. The van der Waals surface area contributed by atoms with Crippen molar-refractivity contribution in [2.45, 2.75) is 18.4 Å². The number of benzene rings is 1. The van der Waals surface area contributed by atoms with Gasteiger partial charge < -0.3 is 5.73 Å². The largest absolute Gasteiger partial charge is 0.313 e. The molecular formula is C10H10N2. The summed E-state index contributed by atoms with van der Waals surface area (Å²) in [4.78, 5) is 0. The molecule has 0 amide bonds. The monoisotopic (exact) mass is 158 g/mol. The van der Waals surface area contributed by atoms with Crippen LogP contribution in [0.4, 0.5) is 0 Å². The predicted octanol–water partition coefficient (Wildman–Crippen LogP) is 1.01. The Morgan fingerprint density at radius 1 is 1.25 bits per heavy atom. The van der Waals surface area contributed by atoms with Gasteiger partial charge in [0.2, 0.25) is 0 Å². The van der Waals surface area contributed by atoms with Gasteiger partial charge in [0.1, 0.15) is 5.54 Å². The van der Waals surface area contributed by atoms with Gasteiger partial charge in [-0.3, -0.25) is 0 Å². The lowest BCUT2D eigenvalue weighted by atomic mass is 10.00. The maximum absolute atomic E-state index is 8.82. The van der Waals surface area contributed by atoms with Gasteiger partial charge in [0.25, 0.3) is 0 Å². The molecule has 0 atom stereocenters. The lowest BCUT2D eigenvalue weighted by Gasteiger charge is -2.11. The molecule has 2 nitrogen and oxygen atoms in total. The molecule has 2 heteroatoms.